The van der Waals surface area contributed by atoms with Crippen molar-refractivity contribution in [2.45, 2.75) is 6.04 Å². The molecule has 1 saturated heterocycles. The molecule has 2 heterocycles. The van der Waals surface area contributed by atoms with E-state index in [0.29, 0.717) is 18.7 Å². The molecular weight excluding hydrogens is 335 g/mol. The van der Waals surface area contributed by atoms with Crippen LogP contribution in [0.3, 0.4) is 0 Å². The molecule has 0 bridgehead atoms. The standard InChI is InChI=1S/C15H15FN4O5/c1-19-5-4-17-7-11(19)8-2-3-9-12(13(8)20(23)24)18-6-10(14(9)21)15(22)25-16/h2-3,6,10-11,17H,4-5,7H2,1H3. The second kappa shape index (κ2) is 6.65. The van der Waals surface area contributed by atoms with Crippen LogP contribution >= 0.6 is 0 Å². The van der Waals surface area contributed by atoms with Crippen molar-refractivity contribution >= 4 is 29.3 Å². The summed E-state index contributed by atoms with van der Waals surface area (Å²) in [6.45, 7) is 2.01. The number of likely N-dealkylation sites (N-methyl/N-ethyl adjacent to an activating group) is 1. The second-order valence-corrected chi connectivity index (χ2v) is 5.87. The SMILES string of the molecule is CN1CCNCC1c1ccc2c(c1[N+](=O)[O-])N=CC(C(=O)OF)C2=O. The molecule has 0 radical (unpaired) electrons. The molecule has 1 aromatic rings. The van der Waals surface area contributed by atoms with E-state index in [1.807, 2.05) is 11.9 Å². The predicted molar refractivity (Wildman–Crippen MR) is 84.5 cm³/mol. The monoisotopic (exact) mass is 350 g/mol. The number of nitro benzene ring substituents is 1. The minimum absolute atomic E-state index is 0.0974. The van der Waals surface area contributed by atoms with E-state index in [1.165, 1.54) is 12.1 Å². The Morgan fingerprint density at radius 1 is 1.52 bits per heavy atom. The largest absolute Gasteiger partial charge is 0.364 e. The van der Waals surface area contributed by atoms with Crippen LogP contribution in [0.4, 0.5) is 15.9 Å². The molecular formula is C15H15FN4O5. The van der Waals surface area contributed by atoms with E-state index in [-0.39, 0.29) is 23.0 Å². The summed E-state index contributed by atoms with van der Waals surface area (Å²) < 4.78 is 12.1. The number of carbonyl (C=O) groups is 2. The molecule has 0 saturated carbocycles. The lowest BCUT2D eigenvalue weighted by molar-refractivity contribution is -0.385. The summed E-state index contributed by atoms with van der Waals surface area (Å²) in [4.78, 5) is 43.7. The lowest BCUT2D eigenvalue weighted by Gasteiger charge is -2.33. The molecule has 10 heteroatoms. The third-order valence-corrected chi connectivity index (χ3v) is 4.47. The van der Waals surface area contributed by atoms with Gasteiger partial charge in [-0.3, -0.25) is 29.7 Å². The third-order valence-electron chi connectivity index (χ3n) is 4.47. The lowest BCUT2D eigenvalue weighted by atomic mass is 9.90. The summed E-state index contributed by atoms with van der Waals surface area (Å²) in [6.07, 6.45) is 0.881. The second-order valence-electron chi connectivity index (χ2n) is 5.87. The number of hydrogen-bond acceptors (Lipinski definition) is 8. The Morgan fingerprint density at radius 3 is 2.92 bits per heavy atom. The van der Waals surface area contributed by atoms with Gasteiger partial charge in [0.1, 0.15) is 0 Å². The number of benzene rings is 1. The van der Waals surface area contributed by atoms with Crippen LogP contribution in [0.25, 0.3) is 0 Å². The number of aliphatic imine (C=N–C) groups is 1. The van der Waals surface area contributed by atoms with Crippen LogP contribution in [0.15, 0.2) is 17.1 Å². The lowest BCUT2D eigenvalue weighted by Crippen LogP contribution is -2.44. The maximum atomic E-state index is 12.3. The summed E-state index contributed by atoms with van der Waals surface area (Å²) in [5.74, 6) is -3.72. The van der Waals surface area contributed by atoms with Crippen molar-refractivity contribution in [1.29, 1.82) is 0 Å². The van der Waals surface area contributed by atoms with Crippen molar-refractivity contribution in [2.24, 2.45) is 10.9 Å². The van der Waals surface area contributed by atoms with Crippen LogP contribution in [-0.2, 0) is 9.74 Å². The first-order valence-corrected chi connectivity index (χ1v) is 7.58. The maximum absolute atomic E-state index is 12.3. The third kappa shape index (κ3) is 2.89. The number of hydrogen-bond donors (Lipinski definition) is 1. The minimum Gasteiger partial charge on any atom is -0.314 e. The Hall–Kier alpha value is -2.72. The van der Waals surface area contributed by atoms with E-state index >= 15 is 0 Å². The van der Waals surface area contributed by atoms with Gasteiger partial charge in [-0.2, -0.15) is 0 Å². The summed E-state index contributed by atoms with van der Waals surface area (Å²) in [5.41, 5.74) is -0.0706. The van der Waals surface area contributed by atoms with Gasteiger partial charge in [0, 0.05) is 30.4 Å². The molecule has 0 aliphatic carbocycles. The van der Waals surface area contributed by atoms with Gasteiger partial charge in [-0.15, -0.1) is 0 Å². The number of nitro groups is 1. The molecule has 1 N–H and O–H groups in total. The quantitative estimate of drug-likeness (QED) is 0.493. The van der Waals surface area contributed by atoms with Gasteiger partial charge in [0.15, 0.2) is 17.4 Å². The normalized spacial score (nSPS) is 23.2. The van der Waals surface area contributed by atoms with Crippen molar-refractivity contribution in [3.8, 4) is 0 Å². The van der Waals surface area contributed by atoms with E-state index in [4.69, 9.17) is 0 Å². The highest BCUT2D eigenvalue weighted by Gasteiger charge is 2.38. The maximum Gasteiger partial charge on any atom is 0.364 e. The average molecular weight is 350 g/mol. The molecule has 2 aliphatic rings. The van der Waals surface area contributed by atoms with Gasteiger partial charge in [0.25, 0.3) is 5.69 Å². The first kappa shape index (κ1) is 17.1. The Labute approximate surface area is 141 Å². The first-order valence-electron chi connectivity index (χ1n) is 7.58. The average Bonchev–Trinajstić information content (AvgIpc) is 2.60. The smallest absolute Gasteiger partial charge is 0.314 e. The summed E-state index contributed by atoms with van der Waals surface area (Å²) in [6, 6.07) is 2.62. The minimum atomic E-state index is -1.54. The fourth-order valence-corrected chi connectivity index (χ4v) is 3.14. The van der Waals surface area contributed by atoms with Crippen molar-refractivity contribution in [3.05, 3.63) is 33.4 Å². The zero-order chi connectivity index (χ0) is 18.1. The number of ketones is 1. The number of nitrogens with zero attached hydrogens (tertiary/aromatic N) is 3. The Kier molecular flexibility index (Phi) is 4.55. The van der Waals surface area contributed by atoms with Crippen LogP contribution in [0, 0.1) is 16.0 Å². The van der Waals surface area contributed by atoms with Gasteiger partial charge in [-0.1, -0.05) is 0 Å². The van der Waals surface area contributed by atoms with Gasteiger partial charge in [-0.25, -0.2) is 4.79 Å². The van der Waals surface area contributed by atoms with Gasteiger partial charge < -0.3 is 5.32 Å². The number of Topliss-reactive ketones (excluding diaryl/α,β-unsaturated/α-hetero) is 1. The molecule has 0 aromatic heterocycles. The Bertz CT molecular complexity index is 781. The zero-order valence-electron chi connectivity index (χ0n) is 13.3. The molecule has 0 amide bonds. The van der Waals surface area contributed by atoms with Crippen LogP contribution in [0.1, 0.15) is 22.0 Å². The van der Waals surface area contributed by atoms with E-state index in [0.717, 1.165) is 12.8 Å². The number of piperazine rings is 1. The number of rotatable bonds is 3. The number of fused-ring (bicyclic) bond motifs is 1. The molecule has 2 atom stereocenters. The van der Waals surface area contributed by atoms with E-state index in [9.17, 15) is 24.2 Å². The highest BCUT2D eigenvalue weighted by atomic mass is 19.3. The van der Waals surface area contributed by atoms with Gasteiger partial charge in [-0.05, 0) is 19.2 Å². The van der Waals surface area contributed by atoms with E-state index in [2.05, 4.69) is 15.3 Å². The van der Waals surface area contributed by atoms with E-state index in [1.54, 1.807) is 0 Å². The van der Waals surface area contributed by atoms with Crippen molar-refractivity contribution < 1.29 is 24.0 Å². The summed E-state index contributed by atoms with van der Waals surface area (Å²) in [7, 11) is 1.86. The van der Waals surface area contributed by atoms with Crippen molar-refractivity contribution in [3.63, 3.8) is 0 Å². The Morgan fingerprint density at radius 2 is 2.28 bits per heavy atom. The topological polar surface area (TPSA) is 114 Å². The highest BCUT2D eigenvalue weighted by Crippen LogP contribution is 2.41. The van der Waals surface area contributed by atoms with Crippen molar-refractivity contribution in [1.82, 2.24) is 10.2 Å². The number of nitrogens with one attached hydrogen (secondary N) is 1. The molecule has 1 fully saturated rings. The summed E-state index contributed by atoms with van der Waals surface area (Å²) in [5, 5.41) is 14.8. The molecule has 0 spiro atoms. The Balaban J connectivity index is 2.11. The van der Waals surface area contributed by atoms with E-state index < -0.39 is 22.6 Å². The molecule has 2 aliphatic heterocycles. The summed E-state index contributed by atoms with van der Waals surface area (Å²) >= 11 is 0. The molecule has 1 aromatic carbocycles. The molecule has 3 rings (SSSR count). The van der Waals surface area contributed by atoms with Gasteiger partial charge in [0.2, 0.25) is 0 Å². The molecule has 132 valence electrons. The fourth-order valence-electron chi connectivity index (χ4n) is 3.14. The molecule has 9 nitrogen and oxygen atoms in total. The van der Waals surface area contributed by atoms with Crippen LogP contribution < -0.4 is 5.32 Å². The van der Waals surface area contributed by atoms with Crippen molar-refractivity contribution in [2.75, 3.05) is 26.7 Å². The number of carbonyl (C=O) groups excluding carboxylic acids is 2. The van der Waals surface area contributed by atoms with Gasteiger partial charge >= 0.3 is 5.97 Å². The molecule has 2 unspecified atom stereocenters. The zero-order valence-corrected chi connectivity index (χ0v) is 13.3. The number of halogens is 1. The molecule has 25 heavy (non-hydrogen) atoms. The highest BCUT2D eigenvalue weighted by molar-refractivity contribution is 6.23. The van der Waals surface area contributed by atoms with Gasteiger partial charge in [0.05, 0.1) is 22.1 Å². The first-order chi connectivity index (χ1) is 12.0. The van der Waals surface area contributed by atoms with Crippen LogP contribution in [0.5, 0.6) is 0 Å². The van der Waals surface area contributed by atoms with Crippen LogP contribution in [-0.4, -0.2) is 54.5 Å². The predicted octanol–water partition coefficient (Wildman–Crippen LogP) is 1.11. The van der Waals surface area contributed by atoms with Crippen LogP contribution in [0.2, 0.25) is 0 Å². The fraction of sp³-hybridized carbons (Fsp3) is 0.400.